The zero-order valence-corrected chi connectivity index (χ0v) is 14.0. The van der Waals surface area contributed by atoms with Gasteiger partial charge in [-0.05, 0) is 30.0 Å². The summed E-state index contributed by atoms with van der Waals surface area (Å²) in [6, 6.07) is 18.7. The van der Waals surface area contributed by atoms with Crippen molar-refractivity contribution in [1.82, 2.24) is 4.90 Å². The van der Waals surface area contributed by atoms with Crippen LogP contribution >= 0.6 is 0 Å². The fourth-order valence-corrected chi connectivity index (χ4v) is 3.51. The molecule has 2 aromatic rings. The van der Waals surface area contributed by atoms with Gasteiger partial charge in [0.05, 0.1) is 12.6 Å². The molecule has 0 fully saturated rings. The van der Waals surface area contributed by atoms with Crippen LogP contribution in [0.15, 0.2) is 67.3 Å². The van der Waals surface area contributed by atoms with Crippen LogP contribution in [-0.2, 0) is 4.74 Å². The number of hydrogen-bond acceptors (Lipinski definition) is 2. The predicted molar refractivity (Wildman–Crippen MR) is 96.0 cm³/mol. The third-order valence-electron chi connectivity index (χ3n) is 4.58. The number of carbonyl (C=O) groups is 1. The minimum atomic E-state index is -0.250. The summed E-state index contributed by atoms with van der Waals surface area (Å²) >= 11 is 0. The van der Waals surface area contributed by atoms with Crippen LogP contribution in [0, 0.1) is 0 Å². The van der Waals surface area contributed by atoms with Gasteiger partial charge >= 0.3 is 6.09 Å². The summed E-state index contributed by atoms with van der Waals surface area (Å²) in [5.41, 5.74) is 3.69. The fourth-order valence-electron chi connectivity index (χ4n) is 3.51. The molecule has 3 nitrogen and oxygen atoms in total. The molecule has 1 aliphatic heterocycles. The maximum Gasteiger partial charge on any atom is 0.410 e. The van der Waals surface area contributed by atoms with Crippen LogP contribution in [0.4, 0.5) is 4.79 Å². The molecular formula is C21H23NO2. The van der Waals surface area contributed by atoms with Crippen LogP contribution in [0.1, 0.15) is 42.0 Å². The zero-order chi connectivity index (χ0) is 16.9. The van der Waals surface area contributed by atoms with E-state index in [2.05, 4.69) is 36.9 Å². The van der Waals surface area contributed by atoms with Gasteiger partial charge in [0, 0.05) is 12.5 Å². The van der Waals surface area contributed by atoms with Crippen molar-refractivity contribution in [3.8, 4) is 0 Å². The first-order chi connectivity index (χ1) is 11.8. The molecule has 124 valence electrons. The smallest absolute Gasteiger partial charge is 0.410 e. The van der Waals surface area contributed by atoms with E-state index in [1.807, 2.05) is 42.2 Å². The zero-order valence-electron chi connectivity index (χ0n) is 14.0. The van der Waals surface area contributed by atoms with Crippen molar-refractivity contribution >= 4 is 6.09 Å². The van der Waals surface area contributed by atoms with E-state index in [9.17, 15) is 4.79 Å². The Hall–Kier alpha value is -2.55. The van der Waals surface area contributed by atoms with Crippen molar-refractivity contribution in [3.05, 3.63) is 83.9 Å². The Balaban J connectivity index is 2.07. The van der Waals surface area contributed by atoms with Crippen molar-refractivity contribution in [1.29, 1.82) is 0 Å². The molecule has 0 unspecified atom stereocenters. The van der Waals surface area contributed by atoms with Crippen LogP contribution < -0.4 is 0 Å². The quantitative estimate of drug-likeness (QED) is 0.749. The highest BCUT2D eigenvalue weighted by Gasteiger charge is 2.36. The van der Waals surface area contributed by atoms with E-state index in [4.69, 9.17) is 4.74 Å². The Morgan fingerprint density at radius 3 is 2.50 bits per heavy atom. The van der Waals surface area contributed by atoms with E-state index in [0.717, 1.165) is 6.42 Å². The maximum atomic E-state index is 12.5. The Bertz CT molecular complexity index is 711. The van der Waals surface area contributed by atoms with Crippen LogP contribution in [0.5, 0.6) is 0 Å². The van der Waals surface area contributed by atoms with Gasteiger partial charge < -0.3 is 4.74 Å². The molecule has 0 radical (unpaired) electrons. The monoisotopic (exact) mass is 321 g/mol. The van der Waals surface area contributed by atoms with Crippen molar-refractivity contribution in [2.75, 3.05) is 13.2 Å². The number of rotatable bonds is 4. The lowest BCUT2D eigenvalue weighted by atomic mass is 9.80. The van der Waals surface area contributed by atoms with Crippen LogP contribution in [0.2, 0.25) is 0 Å². The topological polar surface area (TPSA) is 29.5 Å². The minimum Gasteiger partial charge on any atom is -0.450 e. The van der Waals surface area contributed by atoms with Crippen molar-refractivity contribution in [2.24, 2.45) is 0 Å². The molecule has 0 spiro atoms. The lowest BCUT2D eigenvalue weighted by molar-refractivity contribution is 0.0843. The van der Waals surface area contributed by atoms with Gasteiger partial charge in [-0.25, -0.2) is 4.79 Å². The molecule has 2 atom stereocenters. The largest absolute Gasteiger partial charge is 0.450 e. The maximum absolute atomic E-state index is 12.5. The van der Waals surface area contributed by atoms with Crippen LogP contribution in [0.25, 0.3) is 0 Å². The summed E-state index contributed by atoms with van der Waals surface area (Å²) in [6.45, 7) is 6.71. The molecule has 3 heteroatoms. The summed E-state index contributed by atoms with van der Waals surface area (Å²) in [6.07, 6.45) is 2.34. The van der Waals surface area contributed by atoms with Gasteiger partial charge in [-0.1, -0.05) is 60.7 Å². The Labute approximate surface area is 143 Å². The summed E-state index contributed by atoms with van der Waals surface area (Å²) in [5.74, 6) is 0.160. The number of benzene rings is 2. The molecule has 0 aromatic heterocycles. The third kappa shape index (κ3) is 3.07. The van der Waals surface area contributed by atoms with Gasteiger partial charge in [0.25, 0.3) is 0 Å². The highest BCUT2D eigenvalue weighted by Crippen LogP contribution is 2.41. The molecule has 1 amide bonds. The number of amides is 1. The first-order valence-electron chi connectivity index (χ1n) is 8.44. The van der Waals surface area contributed by atoms with Gasteiger partial charge in [-0.3, -0.25) is 4.90 Å². The summed E-state index contributed by atoms with van der Waals surface area (Å²) in [5, 5.41) is 0. The van der Waals surface area contributed by atoms with Crippen LogP contribution in [0.3, 0.4) is 0 Å². The molecule has 0 aliphatic carbocycles. The molecule has 0 bridgehead atoms. The highest BCUT2D eigenvalue weighted by molar-refractivity contribution is 5.69. The molecular weight excluding hydrogens is 298 g/mol. The highest BCUT2D eigenvalue weighted by atomic mass is 16.6. The Kier molecular flexibility index (Phi) is 4.99. The van der Waals surface area contributed by atoms with E-state index in [0.29, 0.717) is 13.2 Å². The first kappa shape index (κ1) is 16.3. The first-order valence-corrected chi connectivity index (χ1v) is 8.44. The van der Waals surface area contributed by atoms with Crippen molar-refractivity contribution < 1.29 is 9.53 Å². The Morgan fingerprint density at radius 2 is 1.83 bits per heavy atom. The van der Waals surface area contributed by atoms with E-state index >= 15 is 0 Å². The molecule has 2 aromatic carbocycles. The molecule has 3 rings (SSSR count). The second kappa shape index (κ2) is 7.35. The standard InChI is InChI=1S/C21H23NO2/c1-3-10-20-18-14-9-8-13-17(18)19(16-11-6-5-7-12-16)15-22(20)21(23)24-4-2/h3,5-9,11-14,19-20H,1,4,10,15H2,2H3/t19-,20+/m1/s1. The average molecular weight is 321 g/mol. The number of nitrogens with zero attached hydrogens (tertiary/aromatic N) is 1. The van der Waals surface area contributed by atoms with E-state index in [1.54, 1.807) is 0 Å². The number of carbonyl (C=O) groups excluding carboxylic acids is 1. The van der Waals surface area contributed by atoms with Gasteiger partial charge in [0.15, 0.2) is 0 Å². The molecule has 0 saturated carbocycles. The van der Waals surface area contributed by atoms with E-state index in [-0.39, 0.29) is 18.1 Å². The number of hydrogen-bond donors (Lipinski definition) is 0. The van der Waals surface area contributed by atoms with Crippen molar-refractivity contribution in [2.45, 2.75) is 25.3 Å². The minimum absolute atomic E-state index is 0.0160. The van der Waals surface area contributed by atoms with Gasteiger partial charge in [0.1, 0.15) is 0 Å². The van der Waals surface area contributed by atoms with Crippen LogP contribution in [-0.4, -0.2) is 24.1 Å². The summed E-state index contributed by atoms with van der Waals surface area (Å²) in [7, 11) is 0. The Morgan fingerprint density at radius 1 is 1.17 bits per heavy atom. The van der Waals surface area contributed by atoms with E-state index < -0.39 is 0 Å². The number of ether oxygens (including phenoxy) is 1. The average Bonchev–Trinajstić information content (AvgIpc) is 2.63. The molecule has 0 N–H and O–H groups in total. The molecule has 24 heavy (non-hydrogen) atoms. The van der Waals surface area contributed by atoms with Gasteiger partial charge in [-0.15, -0.1) is 6.58 Å². The summed E-state index contributed by atoms with van der Waals surface area (Å²) < 4.78 is 5.31. The second-order valence-electron chi connectivity index (χ2n) is 5.98. The fraction of sp³-hybridized carbons (Fsp3) is 0.286. The second-order valence-corrected chi connectivity index (χ2v) is 5.98. The molecule has 1 heterocycles. The normalized spacial score (nSPS) is 19.5. The van der Waals surface area contributed by atoms with Gasteiger partial charge in [0.2, 0.25) is 0 Å². The summed E-state index contributed by atoms with van der Waals surface area (Å²) in [4.78, 5) is 14.4. The third-order valence-corrected chi connectivity index (χ3v) is 4.58. The molecule has 0 saturated heterocycles. The van der Waals surface area contributed by atoms with Crippen molar-refractivity contribution in [3.63, 3.8) is 0 Å². The lowest BCUT2D eigenvalue weighted by Crippen LogP contribution is -2.42. The molecule has 1 aliphatic rings. The SMILES string of the molecule is C=CC[C@H]1c2ccccc2[C@@H](c2ccccc2)CN1C(=O)OCC. The van der Waals surface area contributed by atoms with E-state index in [1.165, 1.54) is 16.7 Å². The number of fused-ring (bicyclic) bond motifs is 1. The predicted octanol–water partition coefficient (Wildman–Crippen LogP) is 4.91. The lowest BCUT2D eigenvalue weighted by Gasteiger charge is -2.40. The van der Waals surface area contributed by atoms with Gasteiger partial charge in [-0.2, -0.15) is 0 Å².